The molecule has 0 amide bonds. The fraction of sp³-hybridized carbons (Fsp3) is 0.400. The number of aliphatic carboxylic acids is 1. The number of pyridine rings is 1. The standard InChI is InChI=1S/C10H11ClN2O2/c11-8-2-1-6(5-13-8)10(9(14)15)3-7(12)4-10/h1-2,5,7H,3-4,12H2,(H,14,15). The van der Waals surface area contributed by atoms with Gasteiger partial charge in [-0.25, -0.2) is 4.98 Å². The van der Waals surface area contributed by atoms with E-state index in [9.17, 15) is 9.90 Å². The van der Waals surface area contributed by atoms with Crippen LogP contribution in [0.25, 0.3) is 0 Å². The Bertz CT molecular complexity index is 385. The summed E-state index contributed by atoms with van der Waals surface area (Å²) in [5, 5.41) is 9.57. The molecule has 0 bridgehead atoms. The first-order valence-corrected chi connectivity index (χ1v) is 5.03. The normalized spacial score (nSPS) is 29.6. The van der Waals surface area contributed by atoms with Crippen molar-refractivity contribution in [2.75, 3.05) is 0 Å². The maximum Gasteiger partial charge on any atom is 0.314 e. The molecule has 1 aromatic heterocycles. The molecule has 0 unspecified atom stereocenters. The van der Waals surface area contributed by atoms with Gasteiger partial charge in [-0.2, -0.15) is 0 Å². The van der Waals surface area contributed by atoms with E-state index >= 15 is 0 Å². The molecule has 15 heavy (non-hydrogen) atoms. The van der Waals surface area contributed by atoms with Crippen molar-refractivity contribution in [3.8, 4) is 0 Å². The number of carboxylic acids is 1. The Morgan fingerprint density at radius 2 is 2.27 bits per heavy atom. The molecule has 4 nitrogen and oxygen atoms in total. The van der Waals surface area contributed by atoms with Crippen LogP contribution in [-0.2, 0) is 10.2 Å². The van der Waals surface area contributed by atoms with Crippen LogP contribution in [0.2, 0.25) is 5.15 Å². The number of rotatable bonds is 2. The molecule has 1 heterocycles. The van der Waals surface area contributed by atoms with Crippen molar-refractivity contribution < 1.29 is 9.90 Å². The van der Waals surface area contributed by atoms with Crippen LogP contribution < -0.4 is 5.73 Å². The van der Waals surface area contributed by atoms with Gasteiger partial charge in [-0.3, -0.25) is 4.79 Å². The Balaban J connectivity index is 2.34. The quantitative estimate of drug-likeness (QED) is 0.743. The molecular weight excluding hydrogens is 216 g/mol. The molecule has 0 radical (unpaired) electrons. The van der Waals surface area contributed by atoms with Crippen molar-refractivity contribution in [1.82, 2.24) is 4.98 Å². The van der Waals surface area contributed by atoms with Crippen LogP contribution in [-0.4, -0.2) is 22.1 Å². The van der Waals surface area contributed by atoms with E-state index in [1.165, 1.54) is 6.20 Å². The summed E-state index contributed by atoms with van der Waals surface area (Å²) in [7, 11) is 0. The molecule has 0 atom stereocenters. The second-order valence-electron chi connectivity index (χ2n) is 3.93. The average molecular weight is 227 g/mol. The van der Waals surface area contributed by atoms with Gasteiger partial charge in [0.05, 0.1) is 5.41 Å². The van der Waals surface area contributed by atoms with E-state index in [2.05, 4.69) is 4.98 Å². The summed E-state index contributed by atoms with van der Waals surface area (Å²) < 4.78 is 0. The highest BCUT2D eigenvalue weighted by molar-refractivity contribution is 6.29. The molecule has 1 aliphatic rings. The molecular formula is C10H11ClN2O2. The Morgan fingerprint density at radius 1 is 1.60 bits per heavy atom. The Hall–Kier alpha value is -1.13. The average Bonchev–Trinajstić information content (AvgIpc) is 2.13. The van der Waals surface area contributed by atoms with E-state index < -0.39 is 11.4 Å². The maximum atomic E-state index is 11.2. The summed E-state index contributed by atoms with van der Waals surface area (Å²) in [5.74, 6) is -0.840. The summed E-state index contributed by atoms with van der Waals surface area (Å²) in [5.41, 5.74) is 5.48. The molecule has 3 N–H and O–H groups in total. The van der Waals surface area contributed by atoms with Gasteiger partial charge in [0.1, 0.15) is 5.15 Å². The van der Waals surface area contributed by atoms with Crippen molar-refractivity contribution in [2.45, 2.75) is 24.3 Å². The van der Waals surface area contributed by atoms with E-state index in [0.29, 0.717) is 23.6 Å². The van der Waals surface area contributed by atoms with Crippen molar-refractivity contribution in [1.29, 1.82) is 0 Å². The highest BCUT2D eigenvalue weighted by Crippen LogP contribution is 2.43. The minimum absolute atomic E-state index is 0.0308. The van der Waals surface area contributed by atoms with E-state index in [1.54, 1.807) is 12.1 Å². The first kappa shape index (κ1) is 10.4. The third-order valence-corrected chi connectivity index (χ3v) is 3.13. The molecule has 1 saturated carbocycles. The number of carboxylic acid groups (broad SMARTS) is 1. The van der Waals surface area contributed by atoms with Gasteiger partial charge in [0.2, 0.25) is 0 Å². The molecule has 0 spiro atoms. The SMILES string of the molecule is NC1CC(C(=O)O)(c2ccc(Cl)nc2)C1. The number of nitrogens with zero attached hydrogens (tertiary/aromatic N) is 1. The van der Waals surface area contributed by atoms with Crippen LogP contribution in [0.3, 0.4) is 0 Å². The fourth-order valence-corrected chi connectivity index (χ4v) is 2.14. The molecule has 0 aromatic carbocycles. The van der Waals surface area contributed by atoms with Gasteiger partial charge in [0.15, 0.2) is 0 Å². The van der Waals surface area contributed by atoms with Gasteiger partial charge < -0.3 is 10.8 Å². The first-order valence-electron chi connectivity index (χ1n) is 4.65. The van der Waals surface area contributed by atoms with Crippen LogP contribution in [0.15, 0.2) is 18.3 Å². The smallest absolute Gasteiger partial charge is 0.314 e. The van der Waals surface area contributed by atoms with Crippen molar-refractivity contribution in [2.24, 2.45) is 5.73 Å². The second kappa shape index (κ2) is 3.47. The third kappa shape index (κ3) is 1.60. The Labute approximate surface area is 92.1 Å². The second-order valence-corrected chi connectivity index (χ2v) is 4.31. The summed E-state index contributed by atoms with van der Waals surface area (Å²) >= 11 is 5.65. The molecule has 2 rings (SSSR count). The predicted octanol–water partition coefficient (Wildman–Crippen LogP) is 1.18. The van der Waals surface area contributed by atoms with Gasteiger partial charge in [0, 0.05) is 12.2 Å². The molecule has 80 valence electrons. The van der Waals surface area contributed by atoms with Crippen molar-refractivity contribution in [3.05, 3.63) is 29.0 Å². The number of carbonyl (C=O) groups is 1. The molecule has 0 aliphatic heterocycles. The van der Waals surface area contributed by atoms with Crippen LogP contribution in [0.1, 0.15) is 18.4 Å². The number of aromatic nitrogens is 1. The van der Waals surface area contributed by atoms with E-state index in [1.807, 2.05) is 0 Å². The first-order chi connectivity index (χ1) is 7.04. The third-order valence-electron chi connectivity index (χ3n) is 2.91. The lowest BCUT2D eigenvalue weighted by atomic mass is 9.62. The van der Waals surface area contributed by atoms with E-state index in [4.69, 9.17) is 17.3 Å². The van der Waals surface area contributed by atoms with Crippen molar-refractivity contribution >= 4 is 17.6 Å². The maximum absolute atomic E-state index is 11.2. The predicted molar refractivity (Wildman–Crippen MR) is 55.8 cm³/mol. The molecule has 5 heteroatoms. The zero-order valence-electron chi connectivity index (χ0n) is 7.98. The molecule has 0 saturated heterocycles. The molecule has 1 aliphatic carbocycles. The number of halogens is 1. The lowest BCUT2D eigenvalue weighted by molar-refractivity contribution is -0.148. The van der Waals surface area contributed by atoms with Gasteiger partial charge >= 0.3 is 5.97 Å². The number of nitrogens with two attached hydrogens (primary N) is 1. The zero-order valence-corrected chi connectivity index (χ0v) is 8.74. The lowest BCUT2D eigenvalue weighted by Gasteiger charge is -2.42. The highest BCUT2D eigenvalue weighted by Gasteiger charge is 2.50. The van der Waals surface area contributed by atoms with E-state index in [0.717, 1.165) is 0 Å². The molecule has 1 fully saturated rings. The minimum atomic E-state index is -0.850. The lowest BCUT2D eigenvalue weighted by Crippen LogP contribution is -2.54. The summed E-state index contributed by atoms with van der Waals surface area (Å²) in [4.78, 5) is 15.1. The van der Waals surface area contributed by atoms with Crippen LogP contribution in [0, 0.1) is 0 Å². The summed E-state index contributed by atoms with van der Waals surface area (Å²) in [6.45, 7) is 0. The number of hydrogen-bond acceptors (Lipinski definition) is 3. The van der Waals surface area contributed by atoms with Gasteiger partial charge in [0.25, 0.3) is 0 Å². The molecule has 1 aromatic rings. The highest BCUT2D eigenvalue weighted by atomic mass is 35.5. The van der Waals surface area contributed by atoms with E-state index in [-0.39, 0.29) is 6.04 Å². The fourth-order valence-electron chi connectivity index (χ4n) is 2.03. The largest absolute Gasteiger partial charge is 0.481 e. The van der Waals surface area contributed by atoms with Gasteiger partial charge in [-0.15, -0.1) is 0 Å². The zero-order chi connectivity index (χ0) is 11.1. The monoisotopic (exact) mass is 226 g/mol. The topological polar surface area (TPSA) is 76.2 Å². The van der Waals surface area contributed by atoms with Gasteiger partial charge in [-0.1, -0.05) is 17.7 Å². The minimum Gasteiger partial charge on any atom is -0.481 e. The summed E-state index contributed by atoms with van der Waals surface area (Å²) in [6, 6.07) is 3.28. The Morgan fingerprint density at radius 3 is 2.67 bits per heavy atom. The van der Waals surface area contributed by atoms with Crippen LogP contribution in [0.4, 0.5) is 0 Å². The van der Waals surface area contributed by atoms with Gasteiger partial charge in [-0.05, 0) is 24.5 Å². The van der Waals surface area contributed by atoms with Crippen LogP contribution >= 0.6 is 11.6 Å². The van der Waals surface area contributed by atoms with Crippen LogP contribution in [0.5, 0.6) is 0 Å². The summed E-state index contributed by atoms with van der Waals surface area (Å²) in [6.07, 6.45) is 2.44. The Kier molecular flexibility index (Phi) is 2.40. The van der Waals surface area contributed by atoms with Crippen molar-refractivity contribution in [3.63, 3.8) is 0 Å². The number of hydrogen-bond donors (Lipinski definition) is 2.